The molecule has 0 aliphatic heterocycles. The summed E-state index contributed by atoms with van der Waals surface area (Å²) in [5.41, 5.74) is 0. The molecule has 10 heavy (non-hydrogen) atoms. The second-order valence-electron chi connectivity index (χ2n) is 1.59. The van der Waals surface area contributed by atoms with Crippen molar-refractivity contribution in [2.75, 3.05) is 7.11 Å². The van der Waals surface area contributed by atoms with Crippen molar-refractivity contribution in [1.29, 1.82) is 0 Å². The molecule has 1 aromatic heterocycles. The Bertz CT molecular complexity index is 196. The van der Waals surface area contributed by atoms with Gasteiger partial charge in [-0.15, -0.1) is 0 Å². The number of nitrogens with zero attached hydrogens (tertiary/aromatic N) is 1. The first-order valence-electron chi connectivity index (χ1n) is 2.66. The fourth-order valence-corrected chi connectivity index (χ4v) is 1.27. The third-order valence-electron chi connectivity index (χ3n) is 1.03. The van der Waals surface area contributed by atoms with E-state index in [4.69, 9.17) is 15.4 Å². The van der Waals surface area contributed by atoms with Crippen LogP contribution in [0.25, 0.3) is 0 Å². The molecule has 0 atom stereocenters. The first-order chi connectivity index (χ1) is 4.88. The fourth-order valence-electron chi connectivity index (χ4n) is 0.589. The molecule has 0 bridgehead atoms. The molecule has 0 N–H and O–H groups in total. The lowest BCUT2D eigenvalue weighted by Gasteiger charge is -2.00. The summed E-state index contributed by atoms with van der Waals surface area (Å²) in [7, 11) is 8.13. The van der Waals surface area contributed by atoms with Crippen LogP contribution in [-0.2, 0) is 0 Å². The zero-order valence-corrected chi connectivity index (χ0v) is 6.95. The number of hydrogen-bond acceptors (Lipinski definition) is 3. The van der Waals surface area contributed by atoms with Gasteiger partial charge in [-0.3, -0.25) is 0 Å². The minimum absolute atomic E-state index is 0.701. The third kappa shape index (κ3) is 1.55. The molecule has 2 nitrogen and oxygen atoms in total. The minimum Gasteiger partial charge on any atom is -0.494 e. The summed E-state index contributed by atoms with van der Waals surface area (Å²) < 4.78 is 4.97. The van der Waals surface area contributed by atoms with Gasteiger partial charge in [0.05, 0.1) is 7.11 Å². The number of pyridine rings is 1. The van der Waals surface area contributed by atoms with Gasteiger partial charge in [0.25, 0.3) is 0 Å². The van der Waals surface area contributed by atoms with Crippen molar-refractivity contribution >= 4 is 21.7 Å². The maximum atomic E-state index is 5.48. The summed E-state index contributed by atoms with van der Waals surface area (Å²) in [5, 5.41) is 0.701. The van der Waals surface area contributed by atoms with E-state index in [1.54, 1.807) is 19.4 Å². The second-order valence-corrected chi connectivity index (χ2v) is 2.59. The van der Waals surface area contributed by atoms with E-state index in [0.717, 1.165) is 11.0 Å². The molecule has 0 unspecified atom stereocenters. The standard InChI is InChI=1S/C6H6ClNOS/c1-9-5-3-2-4-8-6(5)10-7/h2-4H,1H3. The summed E-state index contributed by atoms with van der Waals surface area (Å²) in [4.78, 5) is 3.97. The Morgan fingerprint density at radius 3 is 3.00 bits per heavy atom. The molecule has 0 aliphatic carbocycles. The second kappa shape index (κ2) is 3.68. The van der Waals surface area contributed by atoms with E-state index in [9.17, 15) is 0 Å². The zero-order valence-electron chi connectivity index (χ0n) is 5.37. The van der Waals surface area contributed by atoms with Crippen LogP contribution in [0.2, 0.25) is 0 Å². The van der Waals surface area contributed by atoms with E-state index in [2.05, 4.69) is 4.98 Å². The quantitative estimate of drug-likeness (QED) is 0.689. The van der Waals surface area contributed by atoms with Gasteiger partial charge in [0, 0.05) is 17.2 Å². The van der Waals surface area contributed by atoms with Crippen molar-refractivity contribution in [3.8, 4) is 5.75 Å². The van der Waals surface area contributed by atoms with Crippen LogP contribution in [0.3, 0.4) is 0 Å². The first kappa shape index (κ1) is 7.69. The summed E-state index contributed by atoms with van der Waals surface area (Å²) in [6.07, 6.45) is 1.67. The fraction of sp³-hybridized carbons (Fsp3) is 0.167. The Balaban J connectivity index is 2.96. The van der Waals surface area contributed by atoms with Gasteiger partial charge in [0.1, 0.15) is 0 Å². The van der Waals surface area contributed by atoms with Gasteiger partial charge in [-0.25, -0.2) is 4.98 Å². The van der Waals surface area contributed by atoms with Gasteiger partial charge in [-0.2, -0.15) is 0 Å². The van der Waals surface area contributed by atoms with Crippen molar-refractivity contribution in [3.63, 3.8) is 0 Å². The topological polar surface area (TPSA) is 22.1 Å². The van der Waals surface area contributed by atoms with Crippen LogP contribution in [0.4, 0.5) is 0 Å². The van der Waals surface area contributed by atoms with Crippen molar-refractivity contribution in [2.45, 2.75) is 5.03 Å². The van der Waals surface area contributed by atoms with Gasteiger partial charge < -0.3 is 4.74 Å². The van der Waals surface area contributed by atoms with Crippen LogP contribution in [-0.4, -0.2) is 12.1 Å². The molecule has 1 rings (SSSR count). The molecule has 0 aromatic carbocycles. The molecule has 0 fully saturated rings. The SMILES string of the molecule is COc1cccnc1SCl. The van der Waals surface area contributed by atoms with Gasteiger partial charge in [0.2, 0.25) is 0 Å². The lowest BCUT2D eigenvalue weighted by molar-refractivity contribution is 0.401. The number of halogens is 1. The number of methoxy groups -OCH3 is 1. The highest BCUT2D eigenvalue weighted by atomic mass is 35.7. The smallest absolute Gasteiger partial charge is 0.153 e. The van der Waals surface area contributed by atoms with Crippen molar-refractivity contribution in [2.24, 2.45) is 0 Å². The monoisotopic (exact) mass is 175 g/mol. The number of rotatable bonds is 2. The van der Waals surface area contributed by atoms with E-state index in [1.165, 1.54) is 0 Å². The molecule has 1 aromatic rings. The van der Waals surface area contributed by atoms with Gasteiger partial charge in [-0.1, -0.05) is 0 Å². The predicted molar refractivity (Wildman–Crippen MR) is 42.5 cm³/mol. The Hall–Kier alpha value is -0.410. The average Bonchev–Trinajstić information content (AvgIpc) is 2.04. The summed E-state index contributed by atoms with van der Waals surface area (Å²) in [6.45, 7) is 0. The predicted octanol–water partition coefficient (Wildman–Crippen LogP) is 2.34. The lowest BCUT2D eigenvalue weighted by Crippen LogP contribution is -1.86. The molecular weight excluding hydrogens is 170 g/mol. The Labute approximate surface area is 68.1 Å². The first-order valence-corrected chi connectivity index (χ1v) is 4.30. The number of hydrogen-bond donors (Lipinski definition) is 0. The molecule has 0 amide bonds. The van der Waals surface area contributed by atoms with Gasteiger partial charge >= 0.3 is 0 Å². The van der Waals surface area contributed by atoms with Crippen LogP contribution in [0, 0.1) is 0 Å². The number of ether oxygens (including phenoxy) is 1. The van der Waals surface area contributed by atoms with E-state index >= 15 is 0 Å². The van der Waals surface area contributed by atoms with Crippen LogP contribution in [0.1, 0.15) is 0 Å². The molecule has 0 saturated carbocycles. The van der Waals surface area contributed by atoms with Crippen molar-refractivity contribution in [1.82, 2.24) is 4.98 Å². The van der Waals surface area contributed by atoms with Crippen LogP contribution in [0.15, 0.2) is 23.4 Å². The van der Waals surface area contributed by atoms with Crippen LogP contribution < -0.4 is 4.74 Å². The molecular formula is C6H6ClNOS. The van der Waals surface area contributed by atoms with Crippen molar-refractivity contribution in [3.05, 3.63) is 18.3 Å². The largest absolute Gasteiger partial charge is 0.494 e. The molecule has 1 heterocycles. The molecule has 0 aliphatic rings. The third-order valence-corrected chi connectivity index (χ3v) is 1.92. The van der Waals surface area contributed by atoms with Crippen molar-refractivity contribution < 1.29 is 4.74 Å². The molecule has 54 valence electrons. The highest BCUT2D eigenvalue weighted by molar-refractivity contribution is 8.21. The van der Waals surface area contributed by atoms with E-state index in [0.29, 0.717) is 10.8 Å². The van der Waals surface area contributed by atoms with Crippen LogP contribution >= 0.6 is 21.7 Å². The Kier molecular flexibility index (Phi) is 2.83. The molecule has 0 radical (unpaired) electrons. The lowest BCUT2D eigenvalue weighted by atomic mass is 10.5. The highest BCUT2D eigenvalue weighted by Crippen LogP contribution is 2.28. The summed E-state index contributed by atoms with van der Waals surface area (Å²) in [5.74, 6) is 0.711. The van der Waals surface area contributed by atoms with E-state index in [1.807, 2.05) is 6.07 Å². The Morgan fingerprint density at radius 2 is 2.50 bits per heavy atom. The maximum absolute atomic E-state index is 5.48. The van der Waals surface area contributed by atoms with Crippen LogP contribution in [0.5, 0.6) is 5.75 Å². The highest BCUT2D eigenvalue weighted by Gasteiger charge is 2.00. The minimum atomic E-state index is 0.701. The number of aromatic nitrogens is 1. The molecule has 0 saturated heterocycles. The van der Waals surface area contributed by atoms with Gasteiger partial charge in [0.15, 0.2) is 10.8 Å². The maximum Gasteiger partial charge on any atom is 0.153 e. The summed E-state index contributed by atoms with van der Waals surface area (Å²) >= 11 is 0. The zero-order chi connectivity index (χ0) is 7.40. The molecule has 4 heteroatoms. The Morgan fingerprint density at radius 1 is 1.70 bits per heavy atom. The summed E-state index contributed by atoms with van der Waals surface area (Å²) in [6, 6.07) is 3.62. The molecule has 0 spiro atoms. The van der Waals surface area contributed by atoms with E-state index in [-0.39, 0.29) is 0 Å². The van der Waals surface area contributed by atoms with Gasteiger partial charge in [-0.05, 0) is 22.8 Å². The average molecular weight is 176 g/mol. The normalized spacial score (nSPS) is 9.40. The van der Waals surface area contributed by atoms with E-state index < -0.39 is 0 Å².